The zero-order valence-electron chi connectivity index (χ0n) is 19.0. The Labute approximate surface area is 184 Å². The Bertz CT molecular complexity index is 952. The molecule has 0 saturated carbocycles. The second-order valence-corrected chi connectivity index (χ2v) is 9.07. The Morgan fingerprint density at radius 2 is 1.65 bits per heavy atom. The van der Waals surface area contributed by atoms with Crippen molar-refractivity contribution in [3.05, 3.63) is 40.6 Å². The van der Waals surface area contributed by atoms with Crippen LogP contribution >= 0.6 is 0 Å². The minimum absolute atomic E-state index is 0.130. The molecule has 0 N–H and O–H groups in total. The van der Waals surface area contributed by atoms with Crippen LogP contribution in [0.1, 0.15) is 40.0 Å². The molecule has 2 fully saturated rings. The summed E-state index contributed by atoms with van der Waals surface area (Å²) in [6.07, 6.45) is 1.66. The summed E-state index contributed by atoms with van der Waals surface area (Å²) in [4.78, 5) is 32.1. The number of amides is 2. The van der Waals surface area contributed by atoms with Crippen LogP contribution in [0, 0.1) is 26.7 Å². The number of hydrogen-bond donors (Lipinski definition) is 0. The lowest BCUT2D eigenvalue weighted by Gasteiger charge is -2.37. The summed E-state index contributed by atoms with van der Waals surface area (Å²) in [6.45, 7) is 10.6. The molecule has 4 rings (SSSR count). The molecule has 31 heavy (non-hydrogen) atoms. The maximum absolute atomic E-state index is 13.1. The zero-order valence-corrected chi connectivity index (χ0v) is 19.0. The summed E-state index contributed by atoms with van der Waals surface area (Å²) in [7, 11) is 2.08. The number of hydrogen-bond acceptors (Lipinski definition) is 5. The van der Waals surface area contributed by atoms with Gasteiger partial charge in [-0.15, -0.1) is 0 Å². The van der Waals surface area contributed by atoms with Gasteiger partial charge in [-0.05, 0) is 51.8 Å². The van der Waals surface area contributed by atoms with Gasteiger partial charge in [0, 0.05) is 50.9 Å². The van der Waals surface area contributed by atoms with Gasteiger partial charge in [0.2, 0.25) is 5.91 Å². The van der Waals surface area contributed by atoms with Crippen LogP contribution in [0.15, 0.2) is 22.7 Å². The molecule has 2 amide bonds. The normalized spacial score (nSPS) is 20.2. The third-order valence-corrected chi connectivity index (χ3v) is 6.53. The summed E-state index contributed by atoms with van der Waals surface area (Å²) < 4.78 is 5.57. The van der Waals surface area contributed by atoms with E-state index in [1.807, 2.05) is 18.7 Å². The van der Waals surface area contributed by atoms with Crippen molar-refractivity contribution in [2.24, 2.45) is 5.92 Å². The van der Waals surface area contributed by atoms with Crippen LogP contribution in [-0.2, 0) is 4.79 Å². The van der Waals surface area contributed by atoms with E-state index >= 15 is 0 Å². The molecule has 2 aromatic rings. The van der Waals surface area contributed by atoms with Gasteiger partial charge in [-0.25, -0.2) is 0 Å². The van der Waals surface area contributed by atoms with Gasteiger partial charge in [-0.2, -0.15) is 0 Å². The highest BCUT2D eigenvalue weighted by Gasteiger charge is 2.33. The average Bonchev–Trinajstić information content (AvgIpc) is 3.22. The first-order chi connectivity index (χ1) is 14.8. The van der Waals surface area contributed by atoms with Crippen molar-refractivity contribution in [3.8, 4) is 11.3 Å². The number of nitrogens with zero attached hydrogens (tertiary/aromatic N) is 4. The van der Waals surface area contributed by atoms with E-state index in [-0.39, 0.29) is 17.7 Å². The fourth-order valence-electron chi connectivity index (χ4n) is 4.87. The maximum atomic E-state index is 13.1. The number of benzene rings is 1. The third kappa shape index (κ3) is 4.51. The molecule has 1 aromatic carbocycles. The highest BCUT2D eigenvalue weighted by atomic mass is 16.5. The molecule has 0 bridgehead atoms. The van der Waals surface area contributed by atoms with E-state index in [2.05, 4.69) is 36.2 Å². The first-order valence-corrected chi connectivity index (χ1v) is 11.1. The van der Waals surface area contributed by atoms with E-state index in [0.29, 0.717) is 24.5 Å². The minimum atomic E-state index is -0.159. The predicted molar refractivity (Wildman–Crippen MR) is 119 cm³/mol. The number of carbonyl (C=O) groups excluding carboxylic acids is 2. The Morgan fingerprint density at radius 3 is 2.32 bits per heavy atom. The lowest BCUT2D eigenvalue weighted by molar-refractivity contribution is -0.138. The monoisotopic (exact) mass is 424 g/mol. The lowest BCUT2D eigenvalue weighted by atomic mass is 9.95. The molecule has 0 radical (unpaired) electrons. The van der Waals surface area contributed by atoms with E-state index in [9.17, 15) is 9.59 Å². The number of aryl methyl sites for hydroxylation is 3. The van der Waals surface area contributed by atoms with E-state index in [1.54, 1.807) is 11.0 Å². The molecule has 2 aliphatic heterocycles. The van der Waals surface area contributed by atoms with Crippen molar-refractivity contribution in [2.45, 2.75) is 33.6 Å². The third-order valence-electron chi connectivity index (χ3n) is 6.53. The number of likely N-dealkylation sites (tertiary alicyclic amines) is 1. The molecule has 1 aromatic heterocycles. The van der Waals surface area contributed by atoms with E-state index in [1.165, 1.54) is 5.56 Å². The summed E-state index contributed by atoms with van der Waals surface area (Å²) in [5.41, 5.74) is 4.69. The SMILES string of the molecule is Cc1cc(C)c(-c2cc(C(=O)N3CCCC(C(=O)N4CCN(C)CC4)C3)no2)c(C)c1. The van der Waals surface area contributed by atoms with Gasteiger partial charge in [0.1, 0.15) is 0 Å². The minimum Gasteiger partial charge on any atom is -0.355 e. The number of piperazine rings is 1. The first-order valence-electron chi connectivity index (χ1n) is 11.1. The molecular weight excluding hydrogens is 392 g/mol. The second-order valence-electron chi connectivity index (χ2n) is 9.07. The standard InChI is InChI=1S/C24H32N4O3/c1-16-12-17(2)22(18(3)13-16)21-14-20(25-31-21)24(30)28-7-5-6-19(15-28)23(29)27-10-8-26(4)9-11-27/h12-14,19H,5-11,15H2,1-4H3. The lowest BCUT2D eigenvalue weighted by Crippen LogP contribution is -2.52. The van der Waals surface area contributed by atoms with Gasteiger partial charge >= 0.3 is 0 Å². The molecule has 7 heteroatoms. The molecular formula is C24H32N4O3. The van der Waals surface area contributed by atoms with Crippen molar-refractivity contribution in [2.75, 3.05) is 46.3 Å². The van der Waals surface area contributed by atoms with Gasteiger partial charge in [-0.3, -0.25) is 9.59 Å². The quantitative estimate of drug-likeness (QED) is 0.758. The van der Waals surface area contributed by atoms with Gasteiger partial charge < -0.3 is 19.2 Å². The number of aromatic nitrogens is 1. The van der Waals surface area contributed by atoms with Crippen molar-refractivity contribution >= 4 is 11.8 Å². The summed E-state index contributed by atoms with van der Waals surface area (Å²) in [6, 6.07) is 5.94. The molecule has 0 spiro atoms. The average molecular weight is 425 g/mol. The van der Waals surface area contributed by atoms with Crippen molar-refractivity contribution in [3.63, 3.8) is 0 Å². The Morgan fingerprint density at radius 1 is 0.968 bits per heavy atom. The number of piperidine rings is 1. The first kappa shape index (κ1) is 21.6. The summed E-state index contributed by atoms with van der Waals surface area (Å²) in [5.74, 6) is 0.500. The van der Waals surface area contributed by atoms with E-state index in [4.69, 9.17) is 4.52 Å². The van der Waals surface area contributed by atoms with E-state index < -0.39 is 0 Å². The number of carbonyl (C=O) groups is 2. The highest BCUT2D eigenvalue weighted by Crippen LogP contribution is 2.30. The zero-order chi connectivity index (χ0) is 22.1. The van der Waals surface area contributed by atoms with Crippen molar-refractivity contribution < 1.29 is 14.1 Å². The molecule has 1 atom stereocenters. The van der Waals surface area contributed by atoms with Gasteiger partial charge in [0.05, 0.1) is 5.92 Å². The topological polar surface area (TPSA) is 69.9 Å². The van der Waals surface area contributed by atoms with E-state index in [0.717, 1.165) is 55.7 Å². The number of rotatable bonds is 3. The van der Waals surface area contributed by atoms with Crippen LogP contribution in [0.4, 0.5) is 0 Å². The van der Waals surface area contributed by atoms with Crippen molar-refractivity contribution in [1.29, 1.82) is 0 Å². The number of likely N-dealkylation sites (N-methyl/N-ethyl adjacent to an activating group) is 1. The molecule has 7 nitrogen and oxygen atoms in total. The van der Waals surface area contributed by atoms with Gasteiger partial charge in [0.15, 0.2) is 11.5 Å². The fraction of sp³-hybridized carbons (Fsp3) is 0.542. The molecule has 2 saturated heterocycles. The Hall–Kier alpha value is -2.67. The van der Waals surface area contributed by atoms with Gasteiger partial charge in [0.25, 0.3) is 5.91 Å². The molecule has 3 heterocycles. The molecule has 0 aliphatic carbocycles. The molecule has 2 aliphatic rings. The second kappa shape index (κ2) is 8.83. The van der Waals surface area contributed by atoms with Crippen LogP contribution in [-0.4, -0.2) is 78.0 Å². The molecule has 166 valence electrons. The van der Waals surface area contributed by atoms with Crippen LogP contribution in [0.25, 0.3) is 11.3 Å². The van der Waals surface area contributed by atoms with Crippen LogP contribution in [0.3, 0.4) is 0 Å². The van der Waals surface area contributed by atoms with Crippen molar-refractivity contribution in [1.82, 2.24) is 19.9 Å². The highest BCUT2D eigenvalue weighted by molar-refractivity contribution is 5.94. The van der Waals surface area contributed by atoms with Crippen LogP contribution in [0.5, 0.6) is 0 Å². The maximum Gasteiger partial charge on any atom is 0.276 e. The Kier molecular flexibility index (Phi) is 6.14. The smallest absolute Gasteiger partial charge is 0.276 e. The summed E-state index contributed by atoms with van der Waals surface area (Å²) >= 11 is 0. The van der Waals surface area contributed by atoms with Gasteiger partial charge in [-0.1, -0.05) is 22.9 Å². The molecule has 1 unspecified atom stereocenters. The summed E-state index contributed by atoms with van der Waals surface area (Å²) in [5, 5.41) is 4.07. The Balaban J connectivity index is 1.46. The van der Waals surface area contributed by atoms with Crippen LogP contribution < -0.4 is 0 Å². The fourth-order valence-corrected chi connectivity index (χ4v) is 4.87. The van der Waals surface area contributed by atoms with Crippen LogP contribution in [0.2, 0.25) is 0 Å². The largest absolute Gasteiger partial charge is 0.355 e. The predicted octanol–water partition coefficient (Wildman–Crippen LogP) is 2.89.